The van der Waals surface area contributed by atoms with Gasteiger partial charge < -0.3 is 14.8 Å². The van der Waals surface area contributed by atoms with Crippen molar-refractivity contribution < 1.29 is 18.7 Å². The van der Waals surface area contributed by atoms with Crippen molar-refractivity contribution in [1.29, 1.82) is 0 Å². The van der Waals surface area contributed by atoms with Crippen LogP contribution in [-0.4, -0.2) is 20.1 Å². The Morgan fingerprint density at radius 3 is 2.52 bits per heavy atom. The van der Waals surface area contributed by atoms with E-state index in [-0.39, 0.29) is 11.7 Å². The standard InChI is InChI=1S/C18H20FNO3/c1-22-16-8-6-13(11-17(16)23-2)7-9-18(21)20-12-14-4-3-5-15(19)10-14/h3-6,8,10-11H,7,9,12H2,1-2H3,(H,20,21). The zero-order valence-corrected chi connectivity index (χ0v) is 13.3. The molecule has 0 aromatic heterocycles. The van der Waals surface area contributed by atoms with Crippen molar-refractivity contribution in [2.75, 3.05) is 14.2 Å². The van der Waals surface area contributed by atoms with Crippen molar-refractivity contribution in [2.24, 2.45) is 0 Å². The van der Waals surface area contributed by atoms with Gasteiger partial charge in [-0.15, -0.1) is 0 Å². The van der Waals surface area contributed by atoms with Crippen LogP contribution in [0.25, 0.3) is 0 Å². The van der Waals surface area contributed by atoms with Gasteiger partial charge in [0.25, 0.3) is 0 Å². The van der Waals surface area contributed by atoms with Crippen LogP contribution in [0.2, 0.25) is 0 Å². The minimum Gasteiger partial charge on any atom is -0.493 e. The van der Waals surface area contributed by atoms with Gasteiger partial charge in [-0.2, -0.15) is 0 Å². The normalized spacial score (nSPS) is 10.2. The highest BCUT2D eigenvalue weighted by Gasteiger charge is 2.07. The van der Waals surface area contributed by atoms with E-state index in [2.05, 4.69) is 5.32 Å². The molecule has 1 N–H and O–H groups in total. The van der Waals surface area contributed by atoms with Crippen LogP contribution >= 0.6 is 0 Å². The number of ether oxygens (including phenoxy) is 2. The smallest absolute Gasteiger partial charge is 0.220 e. The first-order valence-electron chi connectivity index (χ1n) is 7.34. The number of methoxy groups -OCH3 is 2. The first kappa shape index (κ1) is 16.8. The minimum absolute atomic E-state index is 0.0796. The molecular weight excluding hydrogens is 297 g/mol. The third-order valence-corrected chi connectivity index (χ3v) is 3.47. The Kier molecular flexibility index (Phi) is 5.97. The predicted molar refractivity (Wildman–Crippen MR) is 86.1 cm³/mol. The molecule has 1 amide bonds. The summed E-state index contributed by atoms with van der Waals surface area (Å²) in [5, 5.41) is 2.79. The van der Waals surface area contributed by atoms with Crippen LogP contribution in [-0.2, 0) is 17.8 Å². The second-order valence-corrected chi connectivity index (χ2v) is 5.10. The Morgan fingerprint density at radius 1 is 1.04 bits per heavy atom. The van der Waals surface area contributed by atoms with Crippen LogP contribution in [0.1, 0.15) is 17.5 Å². The van der Waals surface area contributed by atoms with Crippen LogP contribution in [0, 0.1) is 5.82 Å². The number of amides is 1. The Hall–Kier alpha value is -2.56. The maximum absolute atomic E-state index is 13.1. The summed E-state index contributed by atoms with van der Waals surface area (Å²) >= 11 is 0. The monoisotopic (exact) mass is 317 g/mol. The van der Waals surface area contributed by atoms with E-state index in [1.807, 2.05) is 18.2 Å². The molecule has 0 saturated heterocycles. The van der Waals surface area contributed by atoms with Crippen molar-refractivity contribution in [3.05, 3.63) is 59.4 Å². The highest BCUT2D eigenvalue weighted by Crippen LogP contribution is 2.27. The molecule has 2 rings (SSSR count). The van der Waals surface area contributed by atoms with Gasteiger partial charge in [-0.3, -0.25) is 4.79 Å². The van der Waals surface area contributed by atoms with Crippen molar-refractivity contribution in [3.8, 4) is 11.5 Å². The van der Waals surface area contributed by atoms with Gasteiger partial charge >= 0.3 is 0 Å². The first-order chi connectivity index (χ1) is 11.1. The number of halogens is 1. The summed E-state index contributed by atoms with van der Waals surface area (Å²) in [7, 11) is 3.16. The Morgan fingerprint density at radius 2 is 1.83 bits per heavy atom. The Balaban J connectivity index is 1.84. The second kappa shape index (κ2) is 8.17. The van der Waals surface area contributed by atoms with E-state index in [1.54, 1.807) is 26.4 Å². The summed E-state index contributed by atoms with van der Waals surface area (Å²) < 4.78 is 23.5. The van der Waals surface area contributed by atoms with Crippen LogP contribution in [0.3, 0.4) is 0 Å². The van der Waals surface area contributed by atoms with Crippen LogP contribution < -0.4 is 14.8 Å². The lowest BCUT2D eigenvalue weighted by atomic mass is 10.1. The number of carbonyl (C=O) groups excluding carboxylic acids is 1. The average Bonchev–Trinajstić information content (AvgIpc) is 2.57. The predicted octanol–water partition coefficient (Wildman–Crippen LogP) is 3.09. The Bertz CT molecular complexity index is 673. The molecule has 0 aliphatic rings. The largest absolute Gasteiger partial charge is 0.493 e. The van der Waals surface area contributed by atoms with Gasteiger partial charge in [-0.25, -0.2) is 4.39 Å². The lowest BCUT2D eigenvalue weighted by Crippen LogP contribution is -2.23. The summed E-state index contributed by atoms with van der Waals surface area (Å²) in [6.07, 6.45) is 0.945. The van der Waals surface area contributed by atoms with Gasteiger partial charge in [0.05, 0.1) is 14.2 Å². The van der Waals surface area contributed by atoms with E-state index < -0.39 is 0 Å². The second-order valence-electron chi connectivity index (χ2n) is 5.10. The number of rotatable bonds is 7. The molecule has 0 bridgehead atoms. The molecule has 0 radical (unpaired) electrons. The van der Waals surface area contributed by atoms with Crippen molar-refractivity contribution >= 4 is 5.91 Å². The zero-order valence-electron chi connectivity index (χ0n) is 13.3. The number of benzene rings is 2. The maximum atomic E-state index is 13.1. The fourth-order valence-corrected chi connectivity index (χ4v) is 2.23. The van der Waals surface area contributed by atoms with Crippen LogP contribution in [0.5, 0.6) is 11.5 Å². The highest BCUT2D eigenvalue weighted by atomic mass is 19.1. The molecule has 23 heavy (non-hydrogen) atoms. The topological polar surface area (TPSA) is 47.6 Å². The molecule has 0 aliphatic carbocycles. The van der Waals surface area contributed by atoms with Gasteiger partial charge in [-0.05, 0) is 41.8 Å². The summed E-state index contributed by atoms with van der Waals surface area (Å²) in [5.41, 5.74) is 1.73. The molecule has 4 nitrogen and oxygen atoms in total. The minimum atomic E-state index is -0.304. The molecule has 122 valence electrons. The first-order valence-corrected chi connectivity index (χ1v) is 7.34. The van der Waals surface area contributed by atoms with E-state index in [4.69, 9.17) is 9.47 Å². The molecule has 0 saturated carbocycles. The average molecular weight is 317 g/mol. The highest BCUT2D eigenvalue weighted by molar-refractivity contribution is 5.76. The van der Waals surface area contributed by atoms with Crippen molar-refractivity contribution in [1.82, 2.24) is 5.32 Å². The van der Waals surface area contributed by atoms with Crippen LogP contribution in [0.15, 0.2) is 42.5 Å². The molecule has 0 unspecified atom stereocenters. The van der Waals surface area contributed by atoms with Gasteiger partial charge in [0, 0.05) is 13.0 Å². The lowest BCUT2D eigenvalue weighted by molar-refractivity contribution is -0.121. The number of carbonyl (C=O) groups is 1. The summed E-state index contributed by atoms with van der Waals surface area (Å²) in [5.74, 6) is 0.920. The number of nitrogens with one attached hydrogen (secondary N) is 1. The van der Waals surface area contributed by atoms with E-state index in [0.717, 1.165) is 11.1 Å². The molecule has 2 aromatic carbocycles. The number of hydrogen-bond donors (Lipinski definition) is 1. The summed E-state index contributed by atoms with van der Waals surface area (Å²) in [4.78, 5) is 11.9. The fourth-order valence-electron chi connectivity index (χ4n) is 2.23. The van der Waals surface area contributed by atoms with Crippen molar-refractivity contribution in [3.63, 3.8) is 0 Å². The number of aryl methyl sites for hydroxylation is 1. The molecule has 5 heteroatoms. The van der Waals surface area contributed by atoms with E-state index in [1.165, 1.54) is 12.1 Å². The third kappa shape index (κ3) is 4.98. The van der Waals surface area contributed by atoms with Crippen molar-refractivity contribution in [2.45, 2.75) is 19.4 Å². The Labute approximate surface area is 135 Å². The van der Waals surface area contributed by atoms with Gasteiger partial charge in [-0.1, -0.05) is 18.2 Å². The molecule has 0 aliphatic heterocycles. The SMILES string of the molecule is COc1ccc(CCC(=O)NCc2cccc(F)c2)cc1OC. The molecule has 0 fully saturated rings. The van der Waals surface area contributed by atoms with E-state index >= 15 is 0 Å². The molecule has 2 aromatic rings. The number of hydrogen-bond acceptors (Lipinski definition) is 3. The van der Waals surface area contributed by atoms with E-state index in [0.29, 0.717) is 30.9 Å². The molecule has 0 atom stereocenters. The third-order valence-electron chi connectivity index (χ3n) is 3.47. The maximum Gasteiger partial charge on any atom is 0.220 e. The summed E-state index contributed by atoms with van der Waals surface area (Å²) in [6.45, 7) is 0.322. The van der Waals surface area contributed by atoms with Crippen LogP contribution in [0.4, 0.5) is 4.39 Å². The zero-order chi connectivity index (χ0) is 16.7. The quantitative estimate of drug-likeness (QED) is 0.853. The lowest BCUT2D eigenvalue weighted by Gasteiger charge is -2.10. The van der Waals surface area contributed by atoms with Gasteiger partial charge in [0.2, 0.25) is 5.91 Å². The fraction of sp³-hybridized carbons (Fsp3) is 0.278. The van der Waals surface area contributed by atoms with Gasteiger partial charge in [0.15, 0.2) is 11.5 Å². The molecule has 0 heterocycles. The molecule has 0 spiro atoms. The van der Waals surface area contributed by atoms with Gasteiger partial charge in [0.1, 0.15) is 5.82 Å². The summed E-state index contributed by atoms with van der Waals surface area (Å²) in [6, 6.07) is 11.8. The molecular formula is C18H20FNO3. The van der Waals surface area contributed by atoms with E-state index in [9.17, 15) is 9.18 Å².